The van der Waals surface area contributed by atoms with E-state index in [2.05, 4.69) is 10.6 Å². The van der Waals surface area contributed by atoms with E-state index in [4.69, 9.17) is 5.11 Å². The zero-order valence-corrected chi connectivity index (χ0v) is 12.3. The summed E-state index contributed by atoms with van der Waals surface area (Å²) in [6.07, 6.45) is 1.01. The molecule has 110 valence electrons. The molecule has 2 amide bonds. The summed E-state index contributed by atoms with van der Waals surface area (Å²) >= 11 is 1.34. The van der Waals surface area contributed by atoms with Crippen LogP contribution in [-0.2, 0) is 9.59 Å². The highest BCUT2D eigenvalue weighted by Gasteiger charge is 2.19. The lowest BCUT2D eigenvalue weighted by Crippen LogP contribution is -2.45. The topological polar surface area (TPSA) is 95.5 Å². The SMILES string of the molecule is CCC[C@@H](NC(=O)CNC(=O)c1ccc(C)s1)C(=O)O. The van der Waals surface area contributed by atoms with E-state index in [1.807, 2.05) is 19.9 Å². The number of hydrogen-bond donors (Lipinski definition) is 3. The molecule has 0 radical (unpaired) electrons. The lowest BCUT2D eigenvalue weighted by atomic mass is 10.1. The third-order valence-electron chi connectivity index (χ3n) is 2.58. The van der Waals surface area contributed by atoms with Gasteiger partial charge < -0.3 is 15.7 Å². The molecule has 7 heteroatoms. The number of carbonyl (C=O) groups is 3. The van der Waals surface area contributed by atoms with Crippen LogP contribution in [0.2, 0.25) is 0 Å². The van der Waals surface area contributed by atoms with Crippen LogP contribution in [0.25, 0.3) is 0 Å². The van der Waals surface area contributed by atoms with Crippen molar-refractivity contribution in [3.8, 4) is 0 Å². The Kier molecular flexibility index (Phi) is 6.17. The molecule has 0 aromatic carbocycles. The van der Waals surface area contributed by atoms with Gasteiger partial charge >= 0.3 is 5.97 Å². The van der Waals surface area contributed by atoms with Crippen molar-refractivity contribution in [2.75, 3.05) is 6.54 Å². The minimum atomic E-state index is -1.07. The molecule has 1 aromatic rings. The first-order valence-corrected chi connectivity index (χ1v) is 7.12. The van der Waals surface area contributed by atoms with Crippen molar-refractivity contribution in [2.24, 2.45) is 0 Å². The second-order valence-electron chi connectivity index (χ2n) is 4.34. The van der Waals surface area contributed by atoms with Gasteiger partial charge in [0, 0.05) is 4.88 Å². The van der Waals surface area contributed by atoms with Crippen molar-refractivity contribution < 1.29 is 19.5 Å². The van der Waals surface area contributed by atoms with Crippen LogP contribution in [0.3, 0.4) is 0 Å². The molecule has 1 atom stereocenters. The second-order valence-corrected chi connectivity index (χ2v) is 5.63. The van der Waals surface area contributed by atoms with E-state index in [1.165, 1.54) is 11.3 Å². The summed E-state index contributed by atoms with van der Waals surface area (Å²) in [5.41, 5.74) is 0. The molecule has 0 saturated carbocycles. The molecule has 0 spiro atoms. The summed E-state index contributed by atoms with van der Waals surface area (Å²) < 4.78 is 0. The minimum Gasteiger partial charge on any atom is -0.480 e. The molecule has 0 aliphatic rings. The molecular formula is C13H18N2O4S. The van der Waals surface area contributed by atoms with Crippen LogP contribution in [0, 0.1) is 6.92 Å². The molecule has 6 nitrogen and oxygen atoms in total. The van der Waals surface area contributed by atoms with Gasteiger partial charge in [-0.25, -0.2) is 4.79 Å². The third kappa shape index (κ3) is 5.00. The van der Waals surface area contributed by atoms with E-state index in [0.29, 0.717) is 17.7 Å². The summed E-state index contributed by atoms with van der Waals surface area (Å²) in [4.78, 5) is 35.7. The predicted molar refractivity (Wildman–Crippen MR) is 75.9 cm³/mol. The molecule has 0 saturated heterocycles. The fourth-order valence-electron chi connectivity index (χ4n) is 1.60. The van der Waals surface area contributed by atoms with Gasteiger partial charge in [-0.15, -0.1) is 11.3 Å². The number of aliphatic carboxylic acids is 1. The predicted octanol–water partition coefficient (Wildman–Crippen LogP) is 1.16. The van der Waals surface area contributed by atoms with Gasteiger partial charge in [0.05, 0.1) is 11.4 Å². The molecular weight excluding hydrogens is 280 g/mol. The van der Waals surface area contributed by atoms with E-state index in [9.17, 15) is 14.4 Å². The highest BCUT2D eigenvalue weighted by atomic mass is 32.1. The molecule has 1 aromatic heterocycles. The van der Waals surface area contributed by atoms with Crippen LogP contribution in [0.1, 0.15) is 34.3 Å². The van der Waals surface area contributed by atoms with Gasteiger partial charge in [0.2, 0.25) is 5.91 Å². The van der Waals surface area contributed by atoms with Crippen molar-refractivity contribution in [1.29, 1.82) is 0 Å². The molecule has 0 aliphatic carbocycles. The fraction of sp³-hybridized carbons (Fsp3) is 0.462. The van der Waals surface area contributed by atoms with E-state index < -0.39 is 17.9 Å². The van der Waals surface area contributed by atoms with Crippen molar-refractivity contribution in [3.63, 3.8) is 0 Å². The maximum Gasteiger partial charge on any atom is 0.326 e. The second kappa shape index (κ2) is 7.64. The molecule has 1 heterocycles. The average Bonchev–Trinajstić information content (AvgIpc) is 2.82. The quantitative estimate of drug-likeness (QED) is 0.704. The van der Waals surface area contributed by atoms with Crippen molar-refractivity contribution in [3.05, 3.63) is 21.9 Å². The highest BCUT2D eigenvalue weighted by Crippen LogP contribution is 2.14. The zero-order chi connectivity index (χ0) is 15.1. The Hall–Kier alpha value is -1.89. The Morgan fingerprint density at radius 1 is 1.35 bits per heavy atom. The van der Waals surface area contributed by atoms with Gasteiger partial charge in [-0.3, -0.25) is 9.59 Å². The largest absolute Gasteiger partial charge is 0.480 e. The van der Waals surface area contributed by atoms with Crippen LogP contribution in [-0.4, -0.2) is 35.5 Å². The van der Waals surface area contributed by atoms with Gasteiger partial charge in [0.15, 0.2) is 0 Å². The van der Waals surface area contributed by atoms with E-state index in [0.717, 1.165) is 4.88 Å². The van der Waals surface area contributed by atoms with Crippen LogP contribution in [0.15, 0.2) is 12.1 Å². The van der Waals surface area contributed by atoms with Crippen LogP contribution in [0.5, 0.6) is 0 Å². The van der Waals surface area contributed by atoms with Crippen molar-refractivity contribution in [2.45, 2.75) is 32.7 Å². The molecule has 20 heavy (non-hydrogen) atoms. The van der Waals surface area contributed by atoms with Gasteiger partial charge in [0.1, 0.15) is 6.04 Å². The Morgan fingerprint density at radius 3 is 2.55 bits per heavy atom. The Bertz CT molecular complexity index is 498. The first-order valence-electron chi connectivity index (χ1n) is 6.30. The number of aryl methyl sites for hydroxylation is 1. The molecule has 0 unspecified atom stereocenters. The summed E-state index contributed by atoms with van der Waals surface area (Å²) in [6, 6.07) is 2.60. The highest BCUT2D eigenvalue weighted by molar-refractivity contribution is 7.13. The van der Waals surface area contributed by atoms with Crippen LogP contribution in [0.4, 0.5) is 0 Å². The molecule has 0 aliphatic heterocycles. The van der Waals surface area contributed by atoms with Gasteiger partial charge in [-0.05, 0) is 25.5 Å². The van der Waals surface area contributed by atoms with Gasteiger partial charge in [-0.1, -0.05) is 13.3 Å². The van der Waals surface area contributed by atoms with Crippen LogP contribution < -0.4 is 10.6 Å². The number of carboxylic acid groups (broad SMARTS) is 1. The standard InChI is InChI=1S/C13H18N2O4S/c1-3-4-9(13(18)19)15-11(16)7-14-12(17)10-6-5-8(2)20-10/h5-6,9H,3-4,7H2,1-2H3,(H,14,17)(H,15,16)(H,18,19)/t9-/m1/s1. The number of carboxylic acids is 1. The smallest absolute Gasteiger partial charge is 0.326 e. The lowest BCUT2D eigenvalue weighted by Gasteiger charge is -2.13. The Balaban J connectivity index is 2.42. The fourth-order valence-corrected chi connectivity index (χ4v) is 2.38. The maximum atomic E-state index is 11.7. The molecule has 3 N–H and O–H groups in total. The molecule has 0 bridgehead atoms. The summed E-state index contributed by atoms with van der Waals surface area (Å²) in [5, 5.41) is 13.8. The number of amides is 2. The van der Waals surface area contributed by atoms with Crippen molar-refractivity contribution in [1.82, 2.24) is 10.6 Å². The molecule has 1 rings (SSSR count). The van der Waals surface area contributed by atoms with Gasteiger partial charge in [-0.2, -0.15) is 0 Å². The van der Waals surface area contributed by atoms with E-state index in [-0.39, 0.29) is 12.5 Å². The third-order valence-corrected chi connectivity index (χ3v) is 3.58. The normalized spacial score (nSPS) is 11.7. The monoisotopic (exact) mass is 298 g/mol. The summed E-state index contributed by atoms with van der Waals surface area (Å²) in [7, 11) is 0. The number of rotatable bonds is 7. The maximum absolute atomic E-state index is 11.7. The Labute approximate surface area is 121 Å². The molecule has 0 fully saturated rings. The number of nitrogens with one attached hydrogen (secondary N) is 2. The average molecular weight is 298 g/mol. The van der Waals surface area contributed by atoms with E-state index >= 15 is 0 Å². The van der Waals surface area contributed by atoms with Crippen molar-refractivity contribution >= 4 is 29.1 Å². The zero-order valence-electron chi connectivity index (χ0n) is 11.4. The lowest BCUT2D eigenvalue weighted by molar-refractivity contribution is -0.141. The summed E-state index contributed by atoms with van der Waals surface area (Å²) in [6.45, 7) is 3.49. The summed E-state index contributed by atoms with van der Waals surface area (Å²) in [5.74, 6) is -1.91. The number of carbonyl (C=O) groups excluding carboxylic acids is 2. The number of thiophene rings is 1. The van der Waals surface area contributed by atoms with Gasteiger partial charge in [0.25, 0.3) is 5.91 Å². The first kappa shape index (κ1) is 16.2. The Morgan fingerprint density at radius 2 is 2.05 bits per heavy atom. The number of hydrogen-bond acceptors (Lipinski definition) is 4. The minimum absolute atomic E-state index is 0.233. The van der Waals surface area contributed by atoms with E-state index in [1.54, 1.807) is 6.07 Å². The van der Waals surface area contributed by atoms with Crippen LogP contribution >= 0.6 is 11.3 Å². The first-order chi connectivity index (χ1) is 9.43.